The summed E-state index contributed by atoms with van der Waals surface area (Å²) >= 11 is 0. The SMILES string of the molecule is COc1ccc(OP2OC[C@H](C)O2)cc1. The van der Waals surface area contributed by atoms with Gasteiger partial charge in [0.05, 0.1) is 19.8 Å². The summed E-state index contributed by atoms with van der Waals surface area (Å²) in [6, 6.07) is 7.34. The van der Waals surface area contributed by atoms with Crippen LogP contribution in [0.5, 0.6) is 11.5 Å². The summed E-state index contributed by atoms with van der Waals surface area (Å²) in [4.78, 5) is 0. The van der Waals surface area contributed by atoms with Crippen molar-refractivity contribution in [2.75, 3.05) is 13.7 Å². The number of rotatable bonds is 3. The molecule has 0 saturated carbocycles. The maximum Gasteiger partial charge on any atom is 0.397 e. The molecule has 0 aliphatic carbocycles. The van der Waals surface area contributed by atoms with Crippen LogP contribution in [-0.4, -0.2) is 19.8 Å². The Morgan fingerprint density at radius 3 is 2.47 bits per heavy atom. The molecule has 2 atom stereocenters. The van der Waals surface area contributed by atoms with E-state index in [-0.39, 0.29) is 6.10 Å². The predicted octanol–water partition coefficient (Wildman–Crippen LogP) is 2.74. The van der Waals surface area contributed by atoms with Crippen LogP contribution in [0.4, 0.5) is 0 Å². The minimum absolute atomic E-state index is 0.120. The van der Waals surface area contributed by atoms with Gasteiger partial charge < -0.3 is 9.26 Å². The molecule has 1 aliphatic heterocycles. The quantitative estimate of drug-likeness (QED) is 0.745. The number of ether oxygens (including phenoxy) is 1. The van der Waals surface area contributed by atoms with Crippen molar-refractivity contribution in [2.45, 2.75) is 13.0 Å². The van der Waals surface area contributed by atoms with Crippen LogP contribution in [0.15, 0.2) is 24.3 Å². The number of hydrogen-bond acceptors (Lipinski definition) is 4. The lowest BCUT2D eigenvalue weighted by Gasteiger charge is -2.09. The van der Waals surface area contributed by atoms with E-state index < -0.39 is 8.60 Å². The van der Waals surface area contributed by atoms with Crippen molar-refractivity contribution in [3.63, 3.8) is 0 Å². The second-order valence-corrected chi connectivity index (χ2v) is 4.30. The molecule has 0 radical (unpaired) electrons. The minimum Gasteiger partial charge on any atom is -0.497 e. The van der Waals surface area contributed by atoms with E-state index in [1.165, 1.54) is 0 Å². The molecule has 1 fully saturated rings. The van der Waals surface area contributed by atoms with E-state index in [0.717, 1.165) is 11.5 Å². The first kappa shape index (κ1) is 10.7. The van der Waals surface area contributed by atoms with Gasteiger partial charge in [0.1, 0.15) is 11.5 Å². The molecule has 1 heterocycles. The lowest BCUT2D eigenvalue weighted by molar-refractivity contribution is 0.256. The molecule has 5 heteroatoms. The molecule has 4 nitrogen and oxygen atoms in total. The fourth-order valence-corrected chi connectivity index (χ4v) is 2.28. The van der Waals surface area contributed by atoms with Gasteiger partial charge >= 0.3 is 8.60 Å². The van der Waals surface area contributed by atoms with Gasteiger partial charge in [0, 0.05) is 0 Å². The summed E-state index contributed by atoms with van der Waals surface area (Å²) < 4.78 is 21.3. The second-order valence-electron chi connectivity index (χ2n) is 3.20. The normalized spacial score (nSPS) is 25.2. The van der Waals surface area contributed by atoms with Crippen molar-refractivity contribution in [1.82, 2.24) is 0 Å². The van der Waals surface area contributed by atoms with Crippen LogP contribution in [0.2, 0.25) is 0 Å². The Bertz CT molecular complexity index is 314. The number of hydrogen-bond donors (Lipinski definition) is 0. The first-order valence-electron chi connectivity index (χ1n) is 4.70. The summed E-state index contributed by atoms with van der Waals surface area (Å²) in [6.45, 7) is 2.56. The van der Waals surface area contributed by atoms with Crippen LogP contribution in [0, 0.1) is 0 Å². The van der Waals surface area contributed by atoms with Gasteiger partial charge in [-0.3, -0.25) is 9.05 Å². The van der Waals surface area contributed by atoms with Crippen molar-refractivity contribution in [1.29, 1.82) is 0 Å². The fraction of sp³-hybridized carbons (Fsp3) is 0.400. The van der Waals surface area contributed by atoms with E-state index in [2.05, 4.69) is 0 Å². The molecule has 15 heavy (non-hydrogen) atoms. The van der Waals surface area contributed by atoms with Crippen LogP contribution >= 0.6 is 8.60 Å². The summed E-state index contributed by atoms with van der Waals surface area (Å²) in [5, 5.41) is 0. The molecule has 1 aromatic carbocycles. The van der Waals surface area contributed by atoms with Gasteiger partial charge in [0.25, 0.3) is 0 Å². The lowest BCUT2D eigenvalue weighted by Crippen LogP contribution is -2.00. The summed E-state index contributed by atoms with van der Waals surface area (Å²) in [5.41, 5.74) is 0. The second kappa shape index (κ2) is 4.79. The smallest absolute Gasteiger partial charge is 0.397 e. The molecular formula is C10H13O4P. The van der Waals surface area contributed by atoms with E-state index in [4.69, 9.17) is 18.3 Å². The van der Waals surface area contributed by atoms with Crippen molar-refractivity contribution in [3.8, 4) is 11.5 Å². The van der Waals surface area contributed by atoms with Crippen LogP contribution < -0.4 is 9.26 Å². The molecule has 0 amide bonds. The fourth-order valence-electron chi connectivity index (χ4n) is 1.14. The Labute approximate surface area is 90.1 Å². The zero-order valence-electron chi connectivity index (χ0n) is 8.67. The molecule has 1 aromatic rings. The van der Waals surface area contributed by atoms with Crippen LogP contribution in [0.1, 0.15) is 6.92 Å². The maximum absolute atomic E-state index is 5.51. The molecule has 2 rings (SSSR count). The van der Waals surface area contributed by atoms with E-state index in [0.29, 0.717) is 6.61 Å². The maximum atomic E-state index is 5.51. The Morgan fingerprint density at radius 1 is 1.27 bits per heavy atom. The van der Waals surface area contributed by atoms with Crippen LogP contribution in [0.25, 0.3) is 0 Å². The largest absolute Gasteiger partial charge is 0.497 e. The molecule has 0 spiro atoms. The summed E-state index contributed by atoms with van der Waals surface area (Å²) in [7, 11) is 0.414. The van der Waals surface area contributed by atoms with Crippen molar-refractivity contribution in [3.05, 3.63) is 24.3 Å². The molecule has 1 saturated heterocycles. The molecule has 0 aromatic heterocycles. The van der Waals surface area contributed by atoms with Crippen molar-refractivity contribution >= 4 is 8.60 Å². The van der Waals surface area contributed by atoms with E-state index in [1.807, 2.05) is 31.2 Å². The molecule has 1 unspecified atom stereocenters. The lowest BCUT2D eigenvalue weighted by atomic mass is 10.3. The summed E-state index contributed by atoms with van der Waals surface area (Å²) in [5.74, 6) is 1.53. The first-order chi connectivity index (χ1) is 7.28. The van der Waals surface area contributed by atoms with Crippen LogP contribution in [0.3, 0.4) is 0 Å². The van der Waals surface area contributed by atoms with Crippen molar-refractivity contribution in [2.24, 2.45) is 0 Å². The van der Waals surface area contributed by atoms with Gasteiger partial charge in [0.15, 0.2) is 0 Å². The highest BCUT2D eigenvalue weighted by atomic mass is 31.2. The number of benzene rings is 1. The highest BCUT2D eigenvalue weighted by Gasteiger charge is 2.26. The first-order valence-corrected chi connectivity index (χ1v) is 5.79. The van der Waals surface area contributed by atoms with Gasteiger partial charge in [-0.1, -0.05) is 0 Å². The van der Waals surface area contributed by atoms with E-state index >= 15 is 0 Å². The highest BCUT2D eigenvalue weighted by Crippen LogP contribution is 2.46. The molecule has 1 aliphatic rings. The third-order valence-corrected chi connectivity index (χ3v) is 3.17. The Kier molecular flexibility index (Phi) is 3.41. The van der Waals surface area contributed by atoms with E-state index in [9.17, 15) is 0 Å². The monoisotopic (exact) mass is 228 g/mol. The van der Waals surface area contributed by atoms with E-state index in [1.54, 1.807) is 7.11 Å². The van der Waals surface area contributed by atoms with Gasteiger partial charge in [-0.15, -0.1) is 0 Å². The Balaban J connectivity index is 1.93. The average Bonchev–Trinajstić information content (AvgIpc) is 2.65. The Hall–Kier alpha value is -0.830. The van der Waals surface area contributed by atoms with Gasteiger partial charge in [-0.2, -0.15) is 0 Å². The predicted molar refractivity (Wildman–Crippen MR) is 57.0 cm³/mol. The Morgan fingerprint density at radius 2 is 1.93 bits per heavy atom. The van der Waals surface area contributed by atoms with Gasteiger partial charge in [0.2, 0.25) is 0 Å². The topological polar surface area (TPSA) is 36.9 Å². The molecule has 0 bridgehead atoms. The zero-order valence-corrected chi connectivity index (χ0v) is 9.57. The van der Waals surface area contributed by atoms with Crippen molar-refractivity contribution < 1.29 is 18.3 Å². The zero-order chi connectivity index (χ0) is 10.7. The standard InChI is InChI=1S/C10H13O4P/c1-8-7-12-15(13-8)14-10-5-3-9(11-2)4-6-10/h3-6,8H,7H2,1-2H3/t8-,15?/m0/s1. The van der Waals surface area contributed by atoms with Gasteiger partial charge in [-0.05, 0) is 31.2 Å². The third-order valence-electron chi connectivity index (χ3n) is 1.92. The van der Waals surface area contributed by atoms with Crippen LogP contribution in [-0.2, 0) is 9.05 Å². The van der Waals surface area contributed by atoms with Gasteiger partial charge in [-0.25, -0.2) is 0 Å². The molecular weight excluding hydrogens is 215 g/mol. The average molecular weight is 228 g/mol. The minimum atomic E-state index is -1.22. The molecule has 0 N–H and O–H groups in total. The third kappa shape index (κ3) is 2.81. The number of methoxy groups -OCH3 is 1. The summed E-state index contributed by atoms with van der Waals surface area (Å²) in [6.07, 6.45) is 0.120. The highest BCUT2D eigenvalue weighted by molar-refractivity contribution is 7.42. The molecule has 82 valence electrons.